The molecule has 1 aliphatic heterocycles. The predicted octanol–water partition coefficient (Wildman–Crippen LogP) is 2.97. The van der Waals surface area contributed by atoms with Gasteiger partial charge in [0.1, 0.15) is 23.9 Å². The Hall–Kier alpha value is -0.680. The molecule has 0 bridgehead atoms. The van der Waals surface area contributed by atoms with E-state index in [0.717, 1.165) is 12.8 Å². The van der Waals surface area contributed by atoms with E-state index in [9.17, 15) is 15.3 Å². The summed E-state index contributed by atoms with van der Waals surface area (Å²) in [5.41, 5.74) is 1.73. The number of aliphatic hydroxyl groups excluding tert-OH is 3. The summed E-state index contributed by atoms with van der Waals surface area (Å²) in [7, 11) is 0. The van der Waals surface area contributed by atoms with E-state index in [4.69, 9.17) is 4.74 Å². The lowest BCUT2D eigenvalue weighted by atomic mass is 9.47. The van der Waals surface area contributed by atoms with Crippen LogP contribution in [0, 0.1) is 22.7 Å². The minimum atomic E-state index is -0.803. The fourth-order valence-electron chi connectivity index (χ4n) is 6.69. The average Bonchev–Trinajstić information content (AvgIpc) is 3.30. The number of hydrogen-bond acceptors (Lipinski definition) is 4. The van der Waals surface area contributed by atoms with Gasteiger partial charge in [-0.15, -0.1) is 0 Å². The van der Waals surface area contributed by atoms with Crippen molar-refractivity contribution in [1.29, 1.82) is 0 Å². The molecule has 1 heterocycles. The van der Waals surface area contributed by atoms with Gasteiger partial charge >= 0.3 is 0 Å². The molecule has 0 spiro atoms. The van der Waals surface area contributed by atoms with E-state index in [0.29, 0.717) is 22.8 Å². The van der Waals surface area contributed by atoms with Gasteiger partial charge in [-0.1, -0.05) is 38.8 Å². The fraction of sp³-hybridized carbons (Fsp3) is 0.818. The van der Waals surface area contributed by atoms with Crippen LogP contribution in [0.15, 0.2) is 23.3 Å². The number of epoxide rings is 1. The van der Waals surface area contributed by atoms with E-state index >= 15 is 0 Å². The van der Waals surface area contributed by atoms with Crippen molar-refractivity contribution >= 4 is 0 Å². The van der Waals surface area contributed by atoms with Crippen LogP contribution in [-0.4, -0.2) is 45.8 Å². The SMILES string of the molecule is CC1=CC[C@@H]2C(C)(C)CCC[C@]2(C)[C@@H]1C[C@]12O[C@@H]1[C@@H](O)C(CO)=C[C@@H]2O. The summed E-state index contributed by atoms with van der Waals surface area (Å²) >= 11 is 0. The van der Waals surface area contributed by atoms with Gasteiger partial charge in [-0.2, -0.15) is 0 Å². The topological polar surface area (TPSA) is 73.2 Å². The third-order valence-corrected chi connectivity index (χ3v) is 8.31. The summed E-state index contributed by atoms with van der Waals surface area (Å²) in [5.74, 6) is 0.997. The van der Waals surface area contributed by atoms with Gasteiger partial charge in [-0.25, -0.2) is 0 Å². The molecule has 0 aromatic heterocycles. The van der Waals surface area contributed by atoms with E-state index < -0.39 is 23.9 Å². The minimum absolute atomic E-state index is 0.206. The van der Waals surface area contributed by atoms with E-state index in [1.165, 1.54) is 24.8 Å². The van der Waals surface area contributed by atoms with E-state index in [2.05, 4.69) is 33.8 Å². The lowest BCUT2D eigenvalue weighted by molar-refractivity contribution is -0.0506. The van der Waals surface area contributed by atoms with Gasteiger partial charge in [0.2, 0.25) is 0 Å². The first-order valence-corrected chi connectivity index (χ1v) is 10.2. The predicted molar refractivity (Wildman–Crippen MR) is 100 cm³/mol. The average molecular weight is 363 g/mol. The highest BCUT2D eigenvalue weighted by atomic mass is 16.6. The fourth-order valence-corrected chi connectivity index (χ4v) is 6.69. The second-order valence-corrected chi connectivity index (χ2v) is 10.1. The van der Waals surface area contributed by atoms with Crippen LogP contribution >= 0.6 is 0 Å². The van der Waals surface area contributed by atoms with Crippen molar-refractivity contribution < 1.29 is 20.1 Å². The highest BCUT2D eigenvalue weighted by Gasteiger charge is 2.68. The van der Waals surface area contributed by atoms with Crippen molar-refractivity contribution in [2.45, 2.75) is 83.7 Å². The van der Waals surface area contributed by atoms with Crippen LogP contribution in [0.2, 0.25) is 0 Å². The first kappa shape index (κ1) is 18.7. The number of allylic oxidation sites excluding steroid dienone is 2. The van der Waals surface area contributed by atoms with Crippen LogP contribution < -0.4 is 0 Å². The normalized spacial score (nSPS) is 49.6. The Labute approximate surface area is 156 Å². The van der Waals surface area contributed by atoms with Crippen LogP contribution in [0.5, 0.6) is 0 Å². The molecule has 0 radical (unpaired) electrons. The molecule has 4 rings (SSSR count). The summed E-state index contributed by atoms with van der Waals surface area (Å²) < 4.78 is 5.96. The first-order chi connectivity index (χ1) is 12.2. The van der Waals surface area contributed by atoms with Gasteiger partial charge in [0.15, 0.2) is 0 Å². The zero-order chi connectivity index (χ0) is 18.9. The molecule has 146 valence electrons. The Kier molecular flexibility index (Phi) is 4.24. The molecule has 0 aromatic rings. The molecule has 2 fully saturated rings. The van der Waals surface area contributed by atoms with Gasteiger partial charge < -0.3 is 20.1 Å². The van der Waals surface area contributed by atoms with Gasteiger partial charge in [0.05, 0.1) is 6.61 Å². The zero-order valence-electron chi connectivity index (χ0n) is 16.5. The summed E-state index contributed by atoms with van der Waals surface area (Å²) in [6.45, 7) is 9.25. The summed E-state index contributed by atoms with van der Waals surface area (Å²) in [6, 6.07) is 0. The Balaban J connectivity index is 1.65. The maximum absolute atomic E-state index is 10.7. The third-order valence-electron chi connectivity index (χ3n) is 8.31. The molecule has 7 atom stereocenters. The standard InChI is InChI=1S/C22H34O4/c1-13-6-7-16-20(2,3)8-5-9-21(16,4)15(13)11-22-17(24)10-14(12-23)18(25)19(22)26-22/h6,10,15-19,23-25H,5,7-9,11-12H2,1-4H3/t15-,16-,17+,18+,19-,21-,22-/m1/s1. The smallest absolute Gasteiger partial charge is 0.128 e. The monoisotopic (exact) mass is 362 g/mol. The Bertz CT molecular complexity index is 651. The number of aliphatic hydroxyl groups is 3. The molecular weight excluding hydrogens is 328 g/mol. The molecule has 0 amide bonds. The molecule has 1 saturated carbocycles. The van der Waals surface area contributed by atoms with Crippen molar-refractivity contribution in [3.05, 3.63) is 23.3 Å². The van der Waals surface area contributed by atoms with Crippen LogP contribution in [0.3, 0.4) is 0 Å². The number of rotatable bonds is 3. The van der Waals surface area contributed by atoms with E-state index in [-0.39, 0.29) is 12.0 Å². The Morgan fingerprint density at radius 2 is 1.92 bits per heavy atom. The van der Waals surface area contributed by atoms with Crippen LogP contribution in [-0.2, 0) is 4.74 Å². The Morgan fingerprint density at radius 3 is 2.62 bits per heavy atom. The van der Waals surface area contributed by atoms with Crippen molar-refractivity contribution in [2.24, 2.45) is 22.7 Å². The van der Waals surface area contributed by atoms with Gasteiger partial charge in [-0.05, 0) is 66.9 Å². The third kappa shape index (κ3) is 2.49. The van der Waals surface area contributed by atoms with Crippen molar-refractivity contribution in [3.63, 3.8) is 0 Å². The van der Waals surface area contributed by atoms with Gasteiger partial charge in [-0.3, -0.25) is 0 Å². The summed E-state index contributed by atoms with van der Waals surface area (Å²) in [5, 5.41) is 30.6. The minimum Gasteiger partial charge on any atom is -0.392 e. The van der Waals surface area contributed by atoms with Gasteiger partial charge in [0.25, 0.3) is 0 Å². The largest absolute Gasteiger partial charge is 0.392 e. The highest BCUT2D eigenvalue weighted by Crippen LogP contribution is 2.63. The quantitative estimate of drug-likeness (QED) is 0.533. The second-order valence-electron chi connectivity index (χ2n) is 10.1. The van der Waals surface area contributed by atoms with Crippen molar-refractivity contribution in [1.82, 2.24) is 0 Å². The lowest BCUT2D eigenvalue weighted by Gasteiger charge is -2.57. The summed E-state index contributed by atoms with van der Waals surface area (Å²) in [4.78, 5) is 0. The summed E-state index contributed by atoms with van der Waals surface area (Å²) in [6.07, 6.45) is 7.70. The molecule has 3 N–H and O–H groups in total. The van der Waals surface area contributed by atoms with E-state index in [1.807, 2.05) is 0 Å². The molecule has 0 aromatic carbocycles. The first-order valence-electron chi connectivity index (χ1n) is 10.2. The van der Waals surface area contributed by atoms with Crippen LogP contribution in [0.25, 0.3) is 0 Å². The number of fused-ring (bicyclic) bond motifs is 2. The maximum atomic E-state index is 10.7. The highest BCUT2D eigenvalue weighted by molar-refractivity contribution is 5.33. The molecule has 4 nitrogen and oxygen atoms in total. The zero-order valence-corrected chi connectivity index (χ0v) is 16.5. The van der Waals surface area contributed by atoms with Crippen molar-refractivity contribution in [3.8, 4) is 0 Å². The molecule has 4 aliphatic rings. The van der Waals surface area contributed by atoms with Crippen LogP contribution in [0.1, 0.15) is 59.8 Å². The molecule has 1 saturated heterocycles. The second kappa shape index (κ2) is 5.91. The van der Waals surface area contributed by atoms with Crippen LogP contribution in [0.4, 0.5) is 0 Å². The molecular formula is C22H34O4. The van der Waals surface area contributed by atoms with Gasteiger partial charge in [0, 0.05) is 0 Å². The molecule has 4 heteroatoms. The Morgan fingerprint density at radius 1 is 1.19 bits per heavy atom. The maximum Gasteiger partial charge on any atom is 0.128 e. The van der Waals surface area contributed by atoms with Crippen molar-refractivity contribution in [2.75, 3.05) is 6.61 Å². The molecule has 0 unspecified atom stereocenters. The lowest BCUT2D eigenvalue weighted by Crippen LogP contribution is -2.51. The number of hydrogen-bond donors (Lipinski definition) is 3. The number of ether oxygens (including phenoxy) is 1. The molecule has 3 aliphatic carbocycles. The van der Waals surface area contributed by atoms with E-state index in [1.54, 1.807) is 6.08 Å². The molecule has 26 heavy (non-hydrogen) atoms.